The van der Waals surface area contributed by atoms with Crippen molar-refractivity contribution in [1.29, 1.82) is 0 Å². The highest BCUT2D eigenvalue weighted by atomic mass is 35.5. The van der Waals surface area contributed by atoms with Crippen molar-refractivity contribution in [2.24, 2.45) is 18.7 Å². The normalized spacial score (nSPS) is 24.1. The third kappa shape index (κ3) is 1.78. The van der Waals surface area contributed by atoms with E-state index in [-0.39, 0.29) is 6.04 Å². The first kappa shape index (κ1) is 10.3. The van der Waals surface area contributed by atoms with E-state index in [2.05, 4.69) is 5.10 Å². The quantitative estimate of drug-likeness (QED) is 0.845. The zero-order valence-corrected chi connectivity index (χ0v) is 9.68. The lowest BCUT2D eigenvalue weighted by atomic mass is 9.97. The Hall–Kier alpha value is -0.190. The van der Waals surface area contributed by atoms with Gasteiger partial charge in [0, 0.05) is 7.05 Å². The molecule has 2 N–H and O–H groups in total. The molecule has 0 aromatic carbocycles. The van der Waals surface area contributed by atoms with Gasteiger partial charge >= 0.3 is 0 Å². The maximum atomic E-state index is 6.19. The summed E-state index contributed by atoms with van der Waals surface area (Å²) < 4.78 is 1.79. The van der Waals surface area contributed by atoms with Crippen molar-refractivity contribution in [3.63, 3.8) is 0 Å². The van der Waals surface area contributed by atoms with E-state index in [0.717, 1.165) is 11.4 Å². The SMILES string of the molecule is Cn1ncc(Cl)c1C(N)C1CCSC1. The molecule has 0 bridgehead atoms. The predicted molar refractivity (Wildman–Crippen MR) is 60.6 cm³/mol. The van der Waals surface area contributed by atoms with Crippen molar-refractivity contribution < 1.29 is 0 Å². The van der Waals surface area contributed by atoms with E-state index in [1.165, 1.54) is 12.2 Å². The molecule has 1 fully saturated rings. The lowest BCUT2D eigenvalue weighted by Crippen LogP contribution is -2.24. The first-order valence-corrected chi connectivity index (χ1v) is 6.24. The number of rotatable bonds is 2. The van der Waals surface area contributed by atoms with E-state index >= 15 is 0 Å². The van der Waals surface area contributed by atoms with Gasteiger partial charge in [-0.3, -0.25) is 4.68 Å². The van der Waals surface area contributed by atoms with Gasteiger partial charge in [0.2, 0.25) is 0 Å². The first-order chi connectivity index (χ1) is 6.70. The number of thioether (sulfide) groups is 1. The molecule has 1 aliphatic heterocycles. The van der Waals surface area contributed by atoms with Crippen LogP contribution in [0.25, 0.3) is 0 Å². The molecule has 1 saturated heterocycles. The highest BCUT2D eigenvalue weighted by Crippen LogP contribution is 2.34. The second-order valence-corrected chi connectivity index (χ2v) is 5.21. The third-order valence-electron chi connectivity index (χ3n) is 2.73. The maximum absolute atomic E-state index is 6.19. The highest BCUT2D eigenvalue weighted by molar-refractivity contribution is 7.99. The smallest absolute Gasteiger partial charge is 0.0834 e. The molecule has 3 nitrogen and oxygen atoms in total. The Morgan fingerprint density at radius 1 is 1.79 bits per heavy atom. The van der Waals surface area contributed by atoms with Crippen LogP contribution in [0.1, 0.15) is 18.2 Å². The van der Waals surface area contributed by atoms with Gasteiger partial charge in [0.15, 0.2) is 0 Å². The molecule has 0 amide bonds. The van der Waals surface area contributed by atoms with Gasteiger partial charge < -0.3 is 5.73 Å². The molecular weight excluding hydrogens is 218 g/mol. The van der Waals surface area contributed by atoms with E-state index in [9.17, 15) is 0 Å². The largest absolute Gasteiger partial charge is 0.322 e. The molecule has 2 atom stereocenters. The van der Waals surface area contributed by atoms with Crippen LogP contribution in [0.4, 0.5) is 0 Å². The van der Waals surface area contributed by atoms with Crippen molar-refractivity contribution in [3.05, 3.63) is 16.9 Å². The predicted octanol–water partition coefficient (Wildman–Crippen LogP) is 1.83. The number of nitrogens with zero attached hydrogens (tertiary/aromatic N) is 2. The third-order valence-corrected chi connectivity index (χ3v) is 4.21. The second-order valence-electron chi connectivity index (χ2n) is 3.65. The number of halogens is 1. The van der Waals surface area contributed by atoms with Gasteiger partial charge in [0.25, 0.3) is 0 Å². The van der Waals surface area contributed by atoms with E-state index in [4.69, 9.17) is 17.3 Å². The molecule has 0 saturated carbocycles. The Morgan fingerprint density at radius 2 is 2.57 bits per heavy atom. The Bertz CT molecular complexity index is 300. The number of hydrogen-bond acceptors (Lipinski definition) is 3. The van der Waals surface area contributed by atoms with Gasteiger partial charge in [-0.25, -0.2) is 0 Å². The van der Waals surface area contributed by atoms with Crippen LogP contribution in [0.2, 0.25) is 5.02 Å². The minimum atomic E-state index is 0.0324. The van der Waals surface area contributed by atoms with Gasteiger partial charge in [-0.2, -0.15) is 16.9 Å². The van der Waals surface area contributed by atoms with Crippen molar-refractivity contribution in [1.82, 2.24) is 9.78 Å². The van der Waals surface area contributed by atoms with E-state index < -0.39 is 0 Å². The Morgan fingerprint density at radius 3 is 3.07 bits per heavy atom. The molecule has 1 aliphatic rings. The monoisotopic (exact) mass is 231 g/mol. The molecule has 1 aromatic rings. The van der Waals surface area contributed by atoms with Crippen LogP contribution in [0, 0.1) is 5.92 Å². The molecule has 1 aromatic heterocycles. The molecule has 2 heterocycles. The van der Waals surface area contributed by atoms with Crippen molar-refractivity contribution in [2.75, 3.05) is 11.5 Å². The van der Waals surface area contributed by atoms with Crippen LogP contribution in [0.5, 0.6) is 0 Å². The molecule has 0 radical (unpaired) electrons. The molecule has 14 heavy (non-hydrogen) atoms. The summed E-state index contributed by atoms with van der Waals surface area (Å²) in [5.74, 6) is 2.91. The summed E-state index contributed by atoms with van der Waals surface area (Å²) in [4.78, 5) is 0. The fourth-order valence-electron chi connectivity index (χ4n) is 1.85. The lowest BCUT2D eigenvalue weighted by molar-refractivity contribution is 0.455. The average molecular weight is 232 g/mol. The van der Waals surface area contributed by atoms with Gasteiger partial charge in [-0.05, 0) is 23.8 Å². The van der Waals surface area contributed by atoms with Gasteiger partial charge in [0.05, 0.1) is 23.0 Å². The summed E-state index contributed by atoms with van der Waals surface area (Å²) in [6, 6.07) is 0.0324. The molecular formula is C9H14ClN3S. The fraction of sp³-hybridized carbons (Fsp3) is 0.667. The van der Waals surface area contributed by atoms with Crippen LogP contribution in [-0.2, 0) is 7.05 Å². The zero-order valence-electron chi connectivity index (χ0n) is 8.11. The molecule has 2 rings (SSSR count). The molecule has 0 spiro atoms. The number of aromatic nitrogens is 2. The van der Waals surface area contributed by atoms with E-state index in [1.54, 1.807) is 10.9 Å². The van der Waals surface area contributed by atoms with Crippen molar-refractivity contribution in [3.8, 4) is 0 Å². The minimum Gasteiger partial charge on any atom is -0.322 e. The van der Waals surface area contributed by atoms with E-state index in [1.807, 2.05) is 18.8 Å². The molecule has 0 aliphatic carbocycles. The van der Waals surface area contributed by atoms with Crippen LogP contribution in [0.3, 0.4) is 0 Å². The standard InChI is InChI=1S/C9H14ClN3S/c1-13-9(7(10)4-12-13)8(11)6-2-3-14-5-6/h4,6,8H,2-3,5,11H2,1H3. The minimum absolute atomic E-state index is 0.0324. The first-order valence-electron chi connectivity index (χ1n) is 4.71. The van der Waals surface area contributed by atoms with Crippen LogP contribution in [0.15, 0.2) is 6.20 Å². The summed E-state index contributed by atoms with van der Waals surface area (Å²) >= 11 is 8.01. The highest BCUT2D eigenvalue weighted by Gasteiger charge is 2.27. The van der Waals surface area contributed by atoms with Gasteiger partial charge in [-0.1, -0.05) is 11.6 Å². The second kappa shape index (κ2) is 4.13. The number of aryl methyl sites for hydroxylation is 1. The molecule has 2 unspecified atom stereocenters. The van der Waals surface area contributed by atoms with Crippen LogP contribution in [-0.4, -0.2) is 21.3 Å². The summed E-state index contributed by atoms with van der Waals surface area (Å²) in [5, 5.41) is 4.80. The summed E-state index contributed by atoms with van der Waals surface area (Å²) in [6.07, 6.45) is 2.85. The fourth-order valence-corrected chi connectivity index (χ4v) is 3.46. The number of nitrogens with two attached hydrogens (primary N) is 1. The summed E-state index contributed by atoms with van der Waals surface area (Å²) in [7, 11) is 1.89. The Balaban J connectivity index is 2.21. The topological polar surface area (TPSA) is 43.8 Å². The maximum Gasteiger partial charge on any atom is 0.0834 e. The number of hydrogen-bond donors (Lipinski definition) is 1. The van der Waals surface area contributed by atoms with Crippen LogP contribution >= 0.6 is 23.4 Å². The van der Waals surface area contributed by atoms with Crippen molar-refractivity contribution >= 4 is 23.4 Å². The zero-order chi connectivity index (χ0) is 10.1. The van der Waals surface area contributed by atoms with Crippen molar-refractivity contribution in [2.45, 2.75) is 12.5 Å². The average Bonchev–Trinajstić information content (AvgIpc) is 2.75. The lowest BCUT2D eigenvalue weighted by Gasteiger charge is -2.18. The summed E-state index contributed by atoms with van der Waals surface area (Å²) in [6.45, 7) is 0. The summed E-state index contributed by atoms with van der Waals surface area (Å²) in [5.41, 5.74) is 7.16. The Labute approximate surface area is 93.0 Å². The van der Waals surface area contributed by atoms with Gasteiger partial charge in [0.1, 0.15) is 0 Å². The molecule has 78 valence electrons. The van der Waals surface area contributed by atoms with Gasteiger partial charge in [-0.15, -0.1) is 0 Å². The van der Waals surface area contributed by atoms with E-state index in [0.29, 0.717) is 10.9 Å². The van der Waals surface area contributed by atoms with Crippen LogP contribution < -0.4 is 5.73 Å². The molecule has 5 heteroatoms. The Kier molecular flexibility index (Phi) is 3.04.